The van der Waals surface area contributed by atoms with Gasteiger partial charge in [0.1, 0.15) is 11.9 Å². The molecule has 1 aliphatic rings. The molecule has 1 saturated heterocycles. The number of halogens is 1. The Bertz CT molecular complexity index is 807. The highest BCUT2D eigenvalue weighted by atomic mass is 19.1. The van der Waals surface area contributed by atoms with Gasteiger partial charge in [0.15, 0.2) is 0 Å². The topological polar surface area (TPSA) is 40.6 Å². The zero-order valence-corrected chi connectivity index (χ0v) is 15.1. The van der Waals surface area contributed by atoms with E-state index >= 15 is 0 Å². The Morgan fingerprint density at radius 3 is 2.58 bits per heavy atom. The summed E-state index contributed by atoms with van der Waals surface area (Å²) in [5.41, 5.74) is 2.19. The van der Waals surface area contributed by atoms with Crippen molar-refractivity contribution in [3.8, 4) is 0 Å². The van der Waals surface area contributed by atoms with E-state index < -0.39 is 6.04 Å². The number of aryl methyl sites for hydroxylation is 2. The molecule has 2 aromatic carbocycles. The molecule has 0 aliphatic carbocycles. The molecule has 1 fully saturated rings. The third-order valence-corrected chi connectivity index (χ3v) is 4.91. The number of nitrogens with zero attached hydrogens (tertiary/aromatic N) is 2. The fourth-order valence-corrected chi connectivity index (χ4v) is 3.26. The summed E-state index contributed by atoms with van der Waals surface area (Å²) in [6.07, 6.45) is 1.03. The van der Waals surface area contributed by atoms with Crippen LogP contribution in [0.4, 0.5) is 10.1 Å². The third kappa shape index (κ3) is 3.77. The van der Waals surface area contributed by atoms with Gasteiger partial charge in [-0.3, -0.25) is 9.59 Å². The summed E-state index contributed by atoms with van der Waals surface area (Å²) in [5.74, 6) is -0.527. The molecule has 0 N–H and O–H groups in total. The van der Waals surface area contributed by atoms with Crippen LogP contribution in [0.3, 0.4) is 0 Å². The molecule has 136 valence electrons. The molecule has 1 heterocycles. The van der Waals surface area contributed by atoms with Crippen molar-refractivity contribution in [2.24, 2.45) is 0 Å². The lowest BCUT2D eigenvalue weighted by atomic mass is 10.1. The number of anilines is 1. The van der Waals surface area contributed by atoms with Gasteiger partial charge < -0.3 is 9.80 Å². The van der Waals surface area contributed by atoms with E-state index in [4.69, 9.17) is 0 Å². The Kier molecular flexibility index (Phi) is 5.35. The first kappa shape index (κ1) is 18.1. The van der Waals surface area contributed by atoms with Gasteiger partial charge >= 0.3 is 0 Å². The average molecular weight is 354 g/mol. The molecule has 0 bridgehead atoms. The number of hydrogen-bond donors (Lipinski definition) is 0. The second-order valence-electron chi connectivity index (χ2n) is 6.67. The van der Waals surface area contributed by atoms with Crippen molar-refractivity contribution in [2.45, 2.75) is 32.7 Å². The van der Waals surface area contributed by atoms with Crippen LogP contribution in [0.25, 0.3) is 0 Å². The van der Waals surface area contributed by atoms with Crippen LogP contribution in [0.2, 0.25) is 0 Å². The Morgan fingerprint density at radius 1 is 1.15 bits per heavy atom. The minimum Gasteiger partial charge on any atom is -0.329 e. The highest BCUT2D eigenvalue weighted by Crippen LogP contribution is 2.23. The molecule has 3 rings (SSSR count). The second-order valence-corrected chi connectivity index (χ2v) is 6.67. The second kappa shape index (κ2) is 7.68. The molecule has 1 atom stereocenters. The number of rotatable bonds is 4. The van der Waals surface area contributed by atoms with Crippen LogP contribution in [0.5, 0.6) is 0 Å². The van der Waals surface area contributed by atoms with Crippen molar-refractivity contribution >= 4 is 17.5 Å². The van der Waals surface area contributed by atoms with Gasteiger partial charge in [0.05, 0.1) is 0 Å². The van der Waals surface area contributed by atoms with E-state index in [9.17, 15) is 14.0 Å². The predicted octanol–water partition coefficient (Wildman–Crippen LogP) is 3.33. The predicted molar refractivity (Wildman–Crippen MR) is 99.4 cm³/mol. The molecule has 0 unspecified atom stereocenters. The largest absolute Gasteiger partial charge is 0.329 e. The highest BCUT2D eigenvalue weighted by Gasteiger charge is 2.34. The first-order chi connectivity index (χ1) is 12.5. The van der Waals surface area contributed by atoms with Crippen LogP contribution in [0, 0.1) is 12.7 Å². The molecule has 5 heteroatoms. The first-order valence-electron chi connectivity index (χ1n) is 8.88. The molecule has 26 heavy (non-hydrogen) atoms. The van der Waals surface area contributed by atoms with Crippen LogP contribution in [-0.2, 0) is 16.0 Å². The van der Waals surface area contributed by atoms with E-state index in [2.05, 4.69) is 0 Å². The number of benzene rings is 2. The van der Waals surface area contributed by atoms with Crippen LogP contribution in [-0.4, -0.2) is 35.8 Å². The van der Waals surface area contributed by atoms with Crippen LogP contribution < -0.4 is 4.90 Å². The van der Waals surface area contributed by atoms with Crippen LogP contribution >= 0.6 is 0 Å². The van der Waals surface area contributed by atoms with Gasteiger partial charge in [0.25, 0.3) is 0 Å². The van der Waals surface area contributed by atoms with Gasteiger partial charge in [-0.15, -0.1) is 0 Å². The van der Waals surface area contributed by atoms with Gasteiger partial charge in [-0.2, -0.15) is 0 Å². The minimum absolute atomic E-state index is 0.0237. The van der Waals surface area contributed by atoms with E-state index in [0.29, 0.717) is 37.2 Å². The summed E-state index contributed by atoms with van der Waals surface area (Å²) >= 11 is 0. The Morgan fingerprint density at radius 2 is 1.88 bits per heavy atom. The molecule has 0 saturated carbocycles. The van der Waals surface area contributed by atoms with Crippen LogP contribution in [0.15, 0.2) is 48.5 Å². The zero-order chi connectivity index (χ0) is 18.7. The quantitative estimate of drug-likeness (QED) is 0.845. The molecular formula is C21H23FN2O2. The van der Waals surface area contributed by atoms with Crippen molar-refractivity contribution in [1.82, 2.24) is 4.90 Å². The normalized spacial score (nSPS) is 17.5. The van der Waals surface area contributed by atoms with E-state index in [1.807, 2.05) is 30.3 Å². The summed E-state index contributed by atoms with van der Waals surface area (Å²) < 4.78 is 13.8. The summed E-state index contributed by atoms with van der Waals surface area (Å²) in [7, 11) is 0. The van der Waals surface area contributed by atoms with Gasteiger partial charge in [0.2, 0.25) is 11.8 Å². The fraction of sp³-hybridized carbons (Fsp3) is 0.333. The number of hydrogen-bond acceptors (Lipinski definition) is 2. The number of amides is 2. The van der Waals surface area contributed by atoms with E-state index in [1.54, 1.807) is 35.8 Å². The maximum Gasteiger partial charge on any atom is 0.249 e. The minimum atomic E-state index is -0.545. The molecule has 2 amide bonds. The molecule has 0 spiro atoms. The van der Waals surface area contributed by atoms with Gasteiger partial charge in [-0.1, -0.05) is 36.4 Å². The number of carbonyl (C=O) groups is 2. The van der Waals surface area contributed by atoms with Crippen LogP contribution in [0.1, 0.15) is 24.5 Å². The highest BCUT2D eigenvalue weighted by molar-refractivity contribution is 6.00. The lowest BCUT2D eigenvalue weighted by Gasteiger charge is -2.39. The average Bonchev–Trinajstić information content (AvgIpc) is 2.65. The monoisotopic (exact) mass is 354 g/mol. The molecular weight excluding hydrogens is 331 g/mol. The summed E-state index contributed by atoms with van der Waals surface area (Å²) in [6, 6.07) is 14.1. The van der Waals surface area contributed by atoms with Gasteiger partial charge in [-0.05, 0) is 43.5 Å². The first-order valence-corrected chi connectivity index (χ1v) is 8.88. The Hall–Kier alpha value is -2.69. The molecule has 2 aromatic rings. The smallest absolute Gasteiger partial charge is 0.249 e. The Labute approximate surface area is 153 Å². The zero-order valence-electron chi connectivity index (χ0n) is 15.1. The van der Waals surface area contributed by atoms with Crippen molar-refractivity contribution in [3.05, 3.63) is 65.5 Å². The van der Waals surface area contributed by atoms with E-state index in [1.165, 1.54) is 6.07 Å². The number of carbonyl (C=O) groups excluding carboxylic acids is 2. The van der Waals surface area contributed by atoms with Crippen molar-refractivity contribution in [2.75, 3.05) is 18.0 Å². The SMILES string of the molecule is Cc1ccc(N2CCN(C(=O)CCc3ccccc3)[C@H](C)C2=O)cc1F. The lowest BCUT2D eigenvalue weighted by Crippen LogP contribution is -2.57. The molecule has 4 nitrogen and oxygen atoms in total. The fourth-order valence-electron chi connectivity index (χ4n) is 3.26. The number of piperazine rings is 1. The van der Waals surface area contributed by atoms with E-state index in [0.717, 1.165) is 5.56 Å². The molecule has 0 radical (unpaired) electrons. The van der Waals surface area contributed by atoms with Crippen molar-refractivity contribution in [1.29, 1.82) is 0 Å². The standard InChI is InChI=1S/C21H23FN2O2/c1-15-8-10-18(14-19(15)22)24-13-12-23(16(2)21(24)26)20(25)11-9-17-6-4-3-5-7-17/h3-8,10,14,16H,9,11-13H2,1-2H3/t16-/m1/s1. The van der Waals surface area contributed by atoms with Gasteiger partial charge in [0, 0.05) is 25.2 Å². The van der Waals surface area contributed by atoms with Crippen molar-refractivity contribution < 1.29 is 14.0 Å². The maximum atomic E-state index is 13.8. The lowest BCUT2D eigenvalue weighted by molar-refractivity contribution is -0.140. The summed E-state index contributed by atoms with van der Waals surface area (Å²) in [4.78, 5) is 28.5. The summed E-state index contributed by atoms with van der Waals surface area (Å²) in [6.45, 7) is 4.26. The molecule has 1 aliphatic heterocycles. The van der Waals surface area contributed by atoms with E-state index in [-0.39, 0.29) is 17.6 Å². The van der Waals surface area contributed by atoms with Crippen molar-refractivity contribution in [3.63, 3.8) is 0 Å². The maximum absolute atomic E-state index is 13.8. The molecule has 0 aromatic heterocycles. The summed E-state index contributed by atoms with van der Waals surface area (Å²) in [5, 5.41) is 0. The third-order valence-electron chi connectivity index (χ3n) is 4.91. The van der Waals surface area contributed by atoms with Gasteiger partial charge in [-0.25, -0.2) is 4.39 Å². The Balaban J connectivity index is 1.65.